The molecule has 8 heteroatoms. The first kappa shape index (κ1) is 20.8. The predicted molar refractivity (Wildman–Crippen MR) is 109 cm³/mol. The van der Waals surface area contributed by atoms with Crippen LogP contribution in [0.1, 0.15) is 13.8 Å². The molecule has 1 heterocycles. The predicted octanol–water partition coefficient (Wildman–Crippen LogP) is 3.82. The summed E-state index contributed by atoms with van der Waals surface area (Å²) < 4.78 is 16.1. The molecule has 0 aliphatic rings. The molecule has 0 unspecified atom stereocenters. The Morgan fingerprint density at radius 3 is 2.70 bits per heavy atom. The zero-order valence-corrected chi connectivity index (χ0v) is 16.7. The molecule has 0 atom stereocenters. The number of fused-ring (bicyclic) bond motifs is 1. The fourth-order valence-electron chi connectivity index (χ4n) is 2.37. The van der Waals surface area contributed by atoms with E-state index < -0.39 is 0 Å². The third kappa shape index (κ3) is 5.74. The van der Waals surface area contributed by atoms with E-state index in [-0.39, 0.29) is 6.04 Å². The molecule has 1 aromatic carbocycles. The van der Waals surface area contributed by atoms with Crippen LogP contribution in [0.3, 0.4) is 0 Å². The highest BCUT2D eigenvalue weighted by Gasteiger charge is 2.13. The van der Waals surface area contributed by atoms with E-state index in [2.05, 4.69) is 15.6 Å². The van der Waals surface area contributed by atoms with Crippen molar-refractivity contribution in [2.75, 3.05) is 32.8 Å². The molecule has 0 spiro atoms. The minimum absolute atomic E-state index is 0.191. The van der Waals surface area contributed by atoms with Crippen LogP contribution in [0.15, 0.2) is 30.5 Å². The lowest BCUT2D eigenvalue weighted by molar-refractivity contribution is 0.146. The van der Waals surface area contributed by atoms with Crippen molar-refractivity contribution in [3.05, 3.63) is 35.5 Å². The van der Waals surface area contributed by atoms with Crippen LogP contribution in [0.4, 0.5) is 5.82 Å². The van der Waals surface area contributed by atoms with Gasteiger partial charge in [-0.05, 0) is 32.1 Å². The monoisotopic (exact) mass is 392 g/mol. The Labute approximate surface area is 164 Å². The molecule has 0 radical (unpaired) electrons. The maximum absolute atomic E-state index is 7.81. The van der Waals surface area contributed by atoms with Crippen LogP contribution in [0.2, 0.25) is 5.02 Å². The largest absolute Gasteiger partial charge is 0.496 e. The highest BCUT2D eigenvalue weighted by Crippen LogP contribution is 2.37. The second-order valence-corrected chi connectivity index (χ2v) is 6.39. The van der Waals surface area contributed by atoms with E-state index in [1.165, 1.54) is 0 Å². The van der Waals surface area contributed by atoms with Crippen LogP contribution >= 0.6 is 11.6 Å². The Balaban J connectivity index is 2.28. The Morgan fingerprint density at radius 2 is 2.04 bits per heavy atom. The SMILES string of the molecule is COCCOc1ccc2c(OC)cc(N/C=C\C(=N)NC(C)C)nc2c1Cl. The summed E-state index contributed by atoms with van der Waals surface area (Å²) in [6.07, 6.45) is 3.25. The van der Waals surface area contributed by atoms with Gasteiger partial charge in [-0.3, -0.25) is 5.41 Å². The summed E-state index contributed by atoms with van der Waals surface area (Å²) in [7, 11) is 3.20. The van der Waals surface area contributed by atoms with Gasteiger partial charge in [0.25, 0.3) is 0 Å². The minimum atomic E-state index is 0.191. The maximum atomic E-state index is 7.81. The number of nitrogens with zero attached hydrogens (tertiary/aromatic N) is 1. The van der Waals surface area contributed by atoms with Gasteiger partial charge < -0.3 is 24.8 Å². The van der Waals surface area contributed by atoms with Gasteiger partial charge in [0.15, 0.2) is 0 Å². The molecule has 0 fully saturated rings. The first-order chi connectivity index (χ1) is 13.0. The van der Waals surface area contributed by atoms with Crippen molar-refractivity contribution in [3.8, 4) is 11.5 Å². The van der Waals surface area contributed by atoms with Gasteiger partial charge in [-0.15, -0.1) is 0 Å². The normalized spacial score (nSPS) is 11.2. The van der Waals surface area contributed by atoms with Gasteiger partial charge in [-0.25, -0.2) is 4.98 Å². The number of aromatic nitrogens is 1. The summed E-state index contributed by atoms with van der Waals surface area (Å²) in [6.45, 7) is 4.80. The number of anilines is 1. The van der Waals surface area contributed by atoms with E-state index in [4.69, 9.17) is 31.2 Å². The first-order valence-electron chi connectivity index (χ1n) is 8.53. The standard InChI is InChI=1S/C19H25ClN4O3/c1-12(2)23-16(21)7-8-22-17-11-15(26-4)13-5-6-14(27-10-9-25-3)18(20)19(13)24-17/h5-8,11-12H,9-10H2,1-4H3,(H2,21,23)(H,22,24)/b8-7-. The molecule has 0 amide bonds. The fourth-order valence-corrected chi connectivity index (χ4v) is 2.63. The molecule has 7 nitrogen and oxygen atoms in total. The lowest BCUT2D eigenvalue weighted by Gasteiger charge is -2.13. The quantitative estimate of drug-likeness (QED) is 0.341. The van der Waals surface area contributed by atoms with Crippen molar-refractivity contribution >= 4 is 34.2 Å². The molecule has 2 rings (SSSR count). The Bertz CT molecular complexity index is 824. The molecule has 3 N–H and O–H groups in total. The number of benzene rings is 1. The number of halogens is 1. The Kier molecular flexibility index (Phi) is 7.69. The van der Waals surface area contributed by atoms with E-state index in [0.29, 0.717) is 46.9 Å². The lowest BCUT2D eigenvalue weighted by atomic mass is 10.2. The second kappa shape index (κ2) is 9.99. The molecule has 146 valence electrons. The van der Waals surface area contributed by atoms with E-state index >= 15 is 0 Å². The molecule has 0 saturated heterocycles. The zero-order valence-electron chi connectivity index (χ0n) is 15.9. The summed E-state index contributed by atoms with van der Waals surface area (Å²) in [6, 6.07) is 5.61. The van der Waals surface area contributed by atoms with Crippen molar-refractivity contribution in [1.29, 1.82) is 5.41 Å². The minimum Gasteiger partial charge on any atom is -0.496 e. The lowest BCUT2D eigenvalue weighted by Crippen LogP contribution is -2.27. The van der Waals surface area contributed by atoms with Crippen molar-refractivity contribution in [3.63, 3.8) is 0 Å². The molecule has 2 aromatic rings. The summed E-state index contributed by atoms with van der Waals surface area (Å²) in [5, 5.41) is 15.0. The molecular weight excluding hydrogens is 368 g/mol. The van der Waals surface area contributed by atoms with Gasteiger partial charge in [0.1, 0.15) is 34.8 Å². The van der Waals surface area contributed by atoms with Gasteiger partial charge in [0, 0.05) is 30.8 Å². The molecule has 0 aliphatic carbocycles. The third-order valence-electron chi connectivity index (χ3n) is 3.54. The first-order valence-corrected chi connectivity index (χ1v) is 8.91. The van der Waals surface area contributed by atoms with Crippen LogP contribution in [-0.2, 0) is 4.74 Å². The molecule has 27 heavy (non-hydrogen) atoms. The summed E-state index contributed by atoms with van der Waals surface area (Å²) in [4.78, 5) is 4.55. The second-order valence-electron chi connectivity index (χ2n) is 6.02. The number of nitrogens with one attached hydrogen (secondary N) is 3. The molecule has 0 aliphatic heterocycles. The number of ether oxygens (including phenoxy) is 3. The van der Waals surface area contributed by atoms with E-state index in [1.54, 1.807) is 38.6 Å². The molecular formula is C19H25ClN4O3. The Hall–Kier alpha value is -2.51. The smallest absolute Gasteiger partial charge is 0.140 e. The van der Waals surface area contributed by atoms with Crippen molar-refractivity contribution in [2.45, 2.75) is 19.9 Å². The molecule has 0 saturated carbocycles. The van der Waals surface area contributed by atoms with Gasteiger partial charge in [0.05, 0.1) is 19.2 Å². The zero-order chi connectivity index (χ0) is 19.8. The number of hydrogen-bond acceptors (Lipinski definition) is 6. The number of methoxy groups -OCH3 is 2. The highest BCUT2D eigenvalue weighted by molar-refractivity contribution is 6.36. The van der Waals surface area contributed by atoms with Crippen LogP contribution in [0.5, 0.6) is 11.5 Å². The number of rotatable bonds is 9. The van der Waals surface area contributed by atoms with Gasteiger partial charge in [-0.1, -0.05) is 11.6 Å². The number of pyridine rings is 1. The molecule has 0 bridgehead atoms. The van der Waals surface area contributed by atoms with E-state index in [0.717, 1.165) is 5.39 Å². The topological polar surface area (TPSA) is 88.5 Å². The number of hydrogen-bond donors (Lipinski definition) is 3. The van der Waals surface area contributed by atoms with E-state index in [9.17, 15) is 0 Å². The van der Waals surface area contributed by atoms with Crippen molar-refractivity contribution < 1.29 is 14.2 Å². The number of amidine groups is 1. The van der Waals surface area contributed by atoms with E-state index in [1.807, 2.05) is 19.9 Å². The van der Waals surface area contributed by atoms with Crippen LogP contribution < -0.4 is 20.1 Å². The third-order valence-corrected chi connectivity index (χ3v) is 3.90. The summed E-state index contributed by atoms with van der Waals surface area (Å²) in [5.74, 6) is 2.02. The van der Waals surface area contributed by atoms with Crippen LogP contribution in [0.25, 0.3) is 10.9 Å². The molecule has 1 aromatic heterocycles. The van der Waals surface area contributed by atoms with Gasteiger partial charge in [0.2, 0.25) is 0 Å². The van der Waals surface area contributed by atoms with Gasteiger partial charge in [-0.2, -0.15) is 0 Å². The van der Waals surface area contributed by atoms with Gasteiger partial charge >= 0.3 is 0 Å². The van der Waals surface area contributed by atoms with Crippen molar-refractivity contribution in [1.82, 2.24) is 10.3 Å². The van der Waals surface area contributed by atoms with Crippen LogP contribution in [0, 0.1) is 5.41 Å². The Morgan fingerprint density at radius 1 is 1.26 bits per heavy atom. The average molecular weight is 393 g/mol. The van der Waals surface area contributed by atoms with Crippen molar-refractivity contribution in [2.24, 2.45) is 0 Å². The summed E-state index contributed by atoms with van der Waals surface area (Å²) >= 11 is 6.49. The maximum Gasteiger partial charge on any atom is 0.140 e. The average Bonchev–Trinajstić information content (AvgIpc) is 2.63. The fraction of sp³-hybridized carbons (Fsp3) is 0.368. The van der Waals surface area contributed by atoms with Crippen LogP contribution in [-0.4, -0.2) is 44.3 Å². The highest BCUT2D eigenvalue weighted by atomic mass is 35.5. The summed E-state index contributed by atoms with van der Waals surface area (Å²) in [5.41, 5.74) is 0.567.